The highest BCUT2D eigenvalue weighted by atomic mass is 35.5. The topological polar surface area (TPSA) is 90.5 Å². The van der Waals surface area contributed by atoms with Gasteiger partial charge < -0.3 is 15.5 Å². The molecule has 0 aliphatic carbocycles. The third-order valence-corrected chi connectivity index (χ3v) is 4.12. The molecule has 8 heteroatoms. The largest absolute Gasteiger partial charge is 0.375 e. The summed E-state index contributed by atoms with van der Waals surface area (Å²) < 4.78 is 0. The minimum absolute atomic E-state index is 0.0806. The van der Waals surface area contributed by atoms with Gasteiger partial charge in [0.05, 0.1) is 12.1 Å². The molecular formula is C17H23ClN4O3. The molecule has 1 aromatic carbocycles. The first kappa shape index (κ1) is 19.1. The van der Waals surface area contributed by atoms with Crippen molar-refractivity contribution < 1.29 is 14.4 Å². The number of amides is 4. The van der Waals surface area contributed by atoms with Gasteiger partial charge in [0.1, 0.15) is 0 Å². The summed E-state index contributed by atoms with van der Waals surface area (Å²) in [7, 11) is 0. The maximum atomic E-state index is 12.7. The second-order valence-corrected chi connectivity index (χ2v) is 6.24. The van der Waals surface area contributed by atoms with E-state index in [4.69, 9.17) is 11.6 Å². The molecule has 1 aromatic rings. The lowest BCUT2D eigenvalue weighted by atomic mass is 10.1. The van der Waals surface area contributed by atoms with Crippen LogP contribution in [0.5, 0.6) is 0 Å². The Morgan fingerprint density at radius 1 is 1.16 bits per heavy atom. The number of imide groups is 1. The first-order chi connectivity index (χ1) is 12.0. The lowest BCUT2D eigenvalue weighted by Crippen LogP contribution is -2.42. The highest BCUT2D eigenvalue weighted by molar-refractivity contribution is 6.31. The Balaban J connectivity index is 2.04. The van der Waals surface area contributed by atoms with Crippen LogP contribution >= 0.6 is 11.6 Å². The van der Waals surface area contributed by atoms with E-state index in [9.17, 15) is 14.4 Å². The number of nitrogens with one attached hydrogen (secondary N) is 3. The highest BCUT2D eigenvalue weighted by Crippen LogP contribution is 2.23. The molecule has 7 nitrogen and oxygen atoms in total. The zero-order valence-corrected chi connectivity index (χ0v) is 15.0. The minimum atomic E-state index is -0.551. The third-order valence-electron chi connectivity index (χ3n) is 3.88. The molecule has 1 fully saturated rings. The number of likely N-dealkylation sites (tertiary alicyclic amines) is 1. The average molecular weight is 367 g/mol. The van der Waals surface area contributed by atoms with Gasteiger partial charge in [-0.1, -0.05) is 11.6 Å². The van der Waals surface area contributed by atoms with Gasteiger partial charge in [0.2, 0.25) is 5.91 Å². The Hall–Kier alpha value is -2.28. The van der Waals surface area contributed by atoms with Crippen LogP contribution in [-0.4, -0.2) is 48.9 Å². The average Bonchev–Trinajstić information content (AvgIpc) is 2.60. The molecule has 25 heavy (non-hydrogen) atoms. The smallest absolute Gasteiger partial charge is 0.321 e. The van der Waals surface area contributed by atoms with Gasteiger partial charge in [-0.3, -0.25) is 14.9 Å². The van der Waals surface area contributed by atoms with Crippen LogP contribution in [0.15, 0.2) is 18.2 Å². The van der Waals surface area contributed by atoms with Gasteiger partial charge in [0.15, 0.2) is 0 Å². The van der Waals surface area contributed by atoms with E-state index in [1.54, 1.807) is 25.1 Å². The maximum absolute atomic E-state index is 12.7. The summed E-state index contributed by atoms with van der Waals surface area (Å²) in [5.74, 6) is -0.578. The van der Waals surface area contributed by atoms with Gasteiger partial charge in [0, 0.05) is 30.3 Å². The van der Waals surface area contributed by atoms with E-state index in [1.165, 1.54) is 0 Å². The number of urea groups is 1. The molecule has 1 saturated heterocycles. The van der Waals surface area contributed by atoms with Crippen LogP contribution in [0.4, 0.5) is 10.5 Å². The van der Waals surface area contributed by atoms with Crippen molar-refractivity contribution in [3.05, 3.63) is 28.8 Å². The molecule has 0 aromatic heterocycles. The number of anilines is 1. The van der Waals surface area contributed by atoms with Crippen molar-refractivity contribution in [2.45, 2.75) is 26.2 Å². The summed E-state index contributed by atoms with van der Waals surface area (Å²) in [6, 6.07) is 4.37. The summed E-state index contributed by atoms with van der Waals surface area (Å²) in [6.07, 6.45) is 3.13. The molecule has 0 unspecified atom stereocenters. The second-order valence-electron chi connectivity index (χ2n) is 5.80. The van der Waals surface area contributed by atoms with Crippen molar-refractivity contribution in [1.29, 1.82) is 0 Å². The number of halogens is 1. The SMILES string of the molecule is CCNC(=O)NC(=O)CNc1cc(Cl)ccc1C(=O)N1CCCCC1. The second kappa shape index (κ2) is 9.27. The summed E-state index contributed by atoms with van der Waals surface area (Å²) in [5, 5.41) is 8.03. The molecule has 0 spiro atoms. The zero-order chi connectivity index (χ0) is 18.2. The number of rotatable bonds is 5. The standard InChI is InChI=1S/C17H23ClN4O3/c1-2-19-17(25)21-15(23)11-20-14-10-12(18)6-7-13(14)16(24)22-8-4-3-5-9-22/h6-7,10,20H,2-5,8-9,11H2,1H3,(H2,19,21,23,25). The summed E-state index contributed by atoms with van der Waals surface area (Å²) in [5.41, 5.74) is 0.950. The predicted molar refractivity (Wildman–Crippen MR) is 96.9 cm³/mol. The van der Waals surface area contributed by atoms with Gasteiger partial charge in [-0.05, 0) is 44.4 Å². The quantitative estimate of drug-likeness (QED) is 0.745. The van der Waals surface area contributed by atoms with Crippen LogP contribution in [-0.2, 0) is 4.79 Å². The van der Waals surface area contributed by atoms with Gasteiger partial charge in [-0.2, -0.15) is 0 Å². The fourth-order valence-corrected chi connectivity index (χ4v) is 2.84. The van der Waals surface area contributed by atoms with Gasteiger partial charge in [0.25, 0.3) is 5.91 Å². The van der Waals surface area contributed by atoms with Gasteiger partial charge >= 0.3 is 6.03 Å². The van der Waals surface area contributed by atoms with E-state index in [0.29, 0.717) is 22.8 Å². The molecule has 3 N–H and O–H groups in total. The van der Waals surface area contributed by atoms with Crippen molar-refractivity contribution in [2.24, 2.45) is 0 Å². The summed E-state index contributed by atoms with van der Waals surface area (Å²) >= 11 is 6.02. The minimum Gasteiger partial charge on any atom is -0.375 e. The number of piperidine rings is 1. The molecule has 4 amide bonds. The predicted octanol–water partition coefficient (Wildman–Crippen LogP) is 2.22. The van der Waals surface area contributed by atoms with E-state index in [-0.39, 0.29) is 12.5 Å². The first-order valence-electron chi connectivity index (χ1n) is 8.41. The Morgan fingerprint density at radius 2 is 1.88 bits per heavy atom. The lowest BCUT2D eigenvalue weighted by Gasteiger charge is -2.27. The molecule has 1 aliphatic rings. The van der Waals surface area contributed by atoms with Crippen molar-refractivity contribution >= 4 is 35.1 Å². The number of hydrogen-bond donors (Lipinski definition) is 3. The lowest BCUT2D eigenvalue weighted by molar-refractivity contribution is -0.118. The molecule has 0 radical (unpaired) electrons. The molecule has 2 rings (SSSR count). The Morgan fingerprint density at radius 3 is 2.56 bits per heavy atom. The van der Waals surface area contributed by atoms with Gasteiger partial charge in [-0.25, -0.2) is 4.79 Å². The fraction of sp³-hybridized carbons (Fsp3) is 0.471. The van der Waals surface area contributed by atoms with Crippen molar-refractivity contribution in [3.63, 3.8) is 0 Å². The van der Waals surface area contributed by atoms with Crippen LogP contribution in [0, 0.1) is 0 Å². The van der Waals surface area contributed by atoms with E-state index in [2.05, 4.69) is 16.0 Å². The van der Waals surface area contributed by atoms with Crippen LogP contribution in [0.1, 0.15) is 36.5 Å². The molecule has 1 heterocycles. The molecule has 0 bridgehead atoms. The maximum Gasteiger partial charge on any atom is 0.321 e. The van der Waals surface area contributed by atoms with Crippen LogP contribution < -0.4 is 16.0 Å². The number of nitrogens with zero attached hydrogens (tertiary/aromatic N) is 1. The number of benzene rings is 1. The monoisotopic (exact) mass is 366 g/mol. The van der Waals surface area contributed by atoms with E-state index >= 15 is 0 Å². The van der Waals surface area contributed by atoms with Crippen LogP contribution in [0.25, 0.3) is 0 Å². The Bertz CT molecular complexity index is 645. The van der Waals surface area contributed by atoms with Crippen LogP contribution in [0.2, 0.25) is 5.02 Å². The summed E-state index contributed by atoms with van der Waals surface area (Å²) in [4.78, 5) is 37.7. The normalized spacial score (nSPS) is 13.9. The molecule has 1 aliphatic heterocycles. The molecular weight excluding hydrogens is 344 g/mol. The number of carbonyl (C=O) groups is 3. The highest BCUT2D eigenvalue weighted by Gasteiger charge is 2.21. The Labute approximate surface area is 152 Å². The third kappa shape index (κ3) is 5.63. The zero-order valence-electron chi connectivity index (χ0n) is 14.2. The van der Waals surface area contributed by atoms with Crippen LogP contribution in [0.3, 0.4) is 0 Å². The molecule has 0 saturated carbocycles. The van der Waals surface area contributed by atoms with Crippen molar-refractivity contribution in [1.82, 2.24) is 15.5 Å². The Kier molecular flexibility index (Phi) is 7.06. The van der Waals surface area contributed by atoms with E-state index < -0.39 is 11.9 Å². The van der Waals surface area contributed by atoms with E-state index in [0.717, 1.165) is 32.4 Å². The molecule has 0 atom stereocenters. The van der Waals surface area contributed by atoms with E-state index in [1.807, 2.05) is 4.90 Å². The summed E-state index contributed by atoms with van der Waals surface area (Å²) in [6.45, 7) is 3.51. The van der Waals surface area contributed by atoms with Crippen molar-refractivity contribution in [2.75, 3.05) is 31.5 Å². The van der Waals surface area contributed by atoms with Gasteiger partial charge in [-0.15, -0.1) is 0 Å². The number of carbonyl (C=O) groups excluding carboxylic acids is 3. The van der Waals surface area contributed by atoms with Crippen molar-refractivity contribution in [3.8, 4) is 0 Å². The molecule has 136 valence electrons. The fourth-order valence-electron chi connectivity index (χ4n) is 2.67. The number of hydrogen-bond acceptors (Lipinski definition) is 4. The first-order valence-corrected chi connectivity index (χ1v) is 8.79.